The molecular weight excluding hydrogens is 473 g/mol. The van der Waals surface area contributed by atoms with E-state index in [-0.39, 0.29) is 24.7 Å². The Kier molecular flexibility index (Phi) is 9.64. The number of rotatable bonds is 11. The Morgan fingerprint density at radius 3 is 2.31 bits per heavy atom. The normalized spacial score (nSPS) is 20.9. The van der Waals surface area contributed by atoms with Gasteiger partial charge in [-0.2, -0.15) is 0 Å². The molecule has 4 amide bonds. The first kappa shape index (κ1) is 28.5. The molecule has 1 aliphatic carbocycles. The van der Waals surface area contributed by atoms with Gasteiger partial charge in [-0.1, -0.05) is 13.8 Å². The topological polar surface area (TPSA) is 143 Å². The van der Waals surface area contributed by atoms with Crippen molar-refractivity contribution in [3.05, 3.63) is 0 Å². The average Bonchev–Trinajstić information content (AvgIpc) is 3.47. The molecule has 0 bridgehead atoms. The van der Waals surface area contributed by atoms with E-state index in [0.717, 1.165) is 12.8 Å². The van der Waals surface area contributed by atoms with Gasteiger partial charge in [0.05, 0.1) is 6.04 Å². The number of hydrogen-bond donors (Lipinski definition) is 4. The van der Waals surface area contributed by atoms with Crippen LogP contribution in [0.25, 0.3) is 0 Å². The minimum atomic E-state index is -5.05. The molecule has 3 atom stereocenters. The third-order valence-corrected chi connectivity index (χ3v) is 5.95. The molecule has 35 heavy (non-hydrogen) atoms. The summed E-state index contributed by atoms with van der Waals surface area (Å²) in [6.45, 7) is 4.41. The fraction of sp³-hybridized carbons (Fsp3) is 0.773. The van der Waals surface area contributed by atoms with Gasteiger partial charge in [0.2, 0.25) is 11.8 Å². The minimum absolute atomic E-state index is 0.103. The SMILES string of the molecule is CC(C)CC(NC(=O)C(=O)NC1(C)CC1)C(=O)NC(C[C@@H]1CCCNC1=O)C(=O)COC(F)(F)F. The van der Waals surface area contributed by atoms with Crippen molar-refractivity contribution in [2.24, 2.45) is 11.8 Å². The molecule has 2 rings (SSSR count). The molecule has 0 spiro atoms. The van der Waals surface area contributed by atoms with E-state index in [0.29, 0.717) is 19.4 Å². The minimum Gasteiger partial charge on any atom is -0.356 e. The van der Waals surface area contributed by atoms with Gasteiger partial charge in [-0.3, -0.25) is 28.7 Å². The Morgan fingerprint density at radius 1 is 1.11 bits per heavy atom. The quantitative estimate of drug-likeness (QED) is 0.304. The molecule has 1 aliphatic heterocycles. The maximum absolute atomic E-state index is 13.0. The molecule has 1 heterocycles. The number of hydrogen-bond acceptors (Lipinski definition) is 6. The number of ether oxygens (including phenoxy) is 1. The molecule has 198 valence electrons. The van der Waals surface area contributed by atoms with Crippen molar-refractivity contribution in [2.45, 2.75) is 83.3 Å². The van der Waals surface area contributed by atoms with E-state index in [4.69, 9.17) is 0 Å². The van der Waals surface area contributed by atoms with E-state index in [9.17, 15) is 37.1 Å². The summed E-state index contributed by atoms with van der Waals surface area (Å²) < 4.78 is 41.0. The van der Waals surface area contributed by atoms with E-state index in [2.05, 4.69) is 26.0 Å². The van der Waals surface area contributed by atoms with Crippen LogP contribution in [-0.2, 0) is 28.7 Å². The van der Waals surface area contributed by atoms with Crippen LogP contribution in [0.2, 0.25) is 0 Å². The summed E-state index contributed by atoms with van der Waals surface area (Å²) >= 11 is 0. The van der Waals surface area contributed by atoms with Gasteiger partial charge in [-0.15, -0.1) is 13.2 Å². The molecule has 2 aliphatic rings. The predicted octanol–water partition coefficient (Wildman–Crippen LogP) is 0.693. The average molecular weight is 507 g/mol. The second kappa shape index (κ2) is 11.8. The number of Topliss-reactive ketones (excluding diaryl/α,β-unsaturated/α-hetero) is 1. The monoisotopic (exact) mass is 506 g/mol. The maximum atomic E-state index is 13.0. The van der Waals surface area contributed by atoms with Crippen LogP contribution in [0.15, 0.2) is 0 Å². The highest BCUT2D eigenvalue weighted by atomic mass is 19.4. The highest BCUT2D eigenvalue weighted by molar-refractivity contribution is 6.35. The smallest absolute Gasteiger partial charge is 0.356 e. The molecule has 0 aromatic rings. The number of carbonyl (C=O) groups excluding carboxylic acids is 5. The zero-order valence-electron chi connectivity index (χ0n) is 20.0. The Bertz CT molecular complexity index is 828. The van der Waals surface area contributed by atoms with E-state index < -0.39 is 60.0 Å². The summed E-state index contributed by atoms with van der Waals surface area (Å²) in [6, 6.07) is -2.68. The van der Waals surface area contributed by atoms with Crippen molar-refractivity contribution in [1.29, 1.82) is 0 Å². The highest BCUT2D eigenvalue weighted by Gasteiger charge is 2.41. The van der Waals surface area contributed by atoms with Crippen LogP contribution in [0.1, 0.15) is 59.3 Å². The second-order valence-corrected chi connectivity index (χ2v) is 9.80. The largest absolute Gasteiger partial charge is 0.522 e. The first-order chi connectivity index (χ1) is 16.2. The number of amides is 4. The third kappa shape index (κ3) is 9.82. The lowest BCUT2D eigenvalue weighted by Gasteiger charge is -2.28. The molecule has 1 saturated carbocycles. The van der Waals surface area contributed by atoms with Crippen molar-refractivity contribution >= 4 is 29.4 Å². The number of nitrogens with one attached hydrogen (secondary N) is 4. The van der Waals surface area contributed by atoms with Gasteiger partial charge in [0.25, 0.3) is 0 Å². The summed E-state index contributed by atoms with van der Waals surface area (Å²) in [7, 11) is 0. The molecule has 2 fully saturated rings. The second-order valence-electron chi connectivity index (χ2n) is 9.80. The first-order valence-corrected chi connectivity index (χ1v) is 11.6. The highest BCUT2D eigenvalue weighted by Crippen LogP contribution is 2.34. The third-order valence-electron chi connectivity index (χ3n) is 5.95. The molecule has 0 aromatic carbocycles. The van der Waals surface area contributed by atoms with E-state index >= 15 is 0 Å². The lowest BCUT2D eigenvalue weighted by Crippen LogP contribution is -2.56. The van der Waals surface area contributed by atoms with Crippen molar-refractivity contribution < 1.29 is 41.9 Å². The van der Waals surface area contributed by atoms with E-state index in [1.54, 1.807) is 20.8 Å². The van der Waals surface area contributed by atoms with Gasteiger partial charge in [0.15, 0.2) is 5.78 Å². The standard InChI is InChI=1S/C22H33F3N4O6/c1-12(2)9-15(28-19(33)20(34)29-21(3)6-7-21)18(32)27-14(16(30)11-35-22(23,24)25)10-13-5-4-8-26-17(13)31/h12-15H,4-11H2,1-3H3,(H,26,31)(H,27,32)(H,28,33)(H,29,34)/t13-,14?,15?/m0/s1. The fourth-order valence-corrected chi connectivity index (χ4v) is 3.71. The number of alkyl halides is 3. The Hall–Kier alpha value is -2.70. The number of halogens is 3. The Morgan fingerprint density at radius 2 is 1.77 bits per heavy atom. The number of piperidine rings is 1. The van der Waals surface area contributed by atoms with Crippen LogP contribution < -0.4 is 21.3 Å². The summed E-state index contributed by atoms with van der Waals surface area (Å²) in [5.74, 6) is -5.01. The van der Waals surface area contributed by atoms with Crippen LogP contribution in [0.4, 0.5) is 13.2 Å². The van der Waals surface area contributed by atoms with E-state index in [1.165, 1.54) is 0 Å². The van der Waals surface area contributed by atoms with Gasteiger partial charge in [0.1, 0.15) is 12.6 Å². The molecule has 0 radical (unpaired) electrons. The van der Waals surface area contributed by atoms with Gasteiger partial charge < -0.3 is 21.3 Å². The van der Waals surface area contributed by atoms with Gasteiger partial charge in [-0.05, 0) is 51.4 Å². The van der Waals surface area contributed by atoms with Crippen LogP contribution in [0.5, 0.6) is 0 Å². The van der Waals surface area contributed by atoms with E-state index in [1.807, 2.05) is 0 Å². The van der Waals surface area contributed by atoms with Crippen molar-refractivity contribution in [1.82, 2.24) is 21.3 Å². The van der Waals surface area contributed by atoms with Gasteiger partial charge in [-0.25, -0.2) is 0 Å². The number of carbonyl (C=O) groups is 5. The lowest BCUT2D eigenvalue weighted by molar-refractivity contribution is -0.321. The van der Waals surface area contributed by atoms with Crippen molar-refractivity contribution in [3.8, 4) is 0 Å². The molecule has 10 nitrogen and oxygen atoms in total. The Balaban J connectivity index is 2.11. The predicted molar refractivity (Wildman–Crippen MR) is 116 cm³/mol. The fourth-order valence-electron chi connectivity index (χ4n) is 3.71. The molecule has 0 aromatic heterocycles. The van der Waals surface area contributed by atoms with Crippen LogP contribution >= 0.6 is 0 Å². The zero-order chi connectivity index (χ0) is 26.4. The van der Waals surface area contributed by atoms with Crippen molar-refractivity contribution in [2.75, 3.05) is 13.2 Å². The number of ketones is 1. The van der Waals surface area contributed by atoms with Crippen molar-refractivity contribution in [3.63, 3.8) is 0 Å². The lowest BCUT2D eigenvalue weighted by atomic mass is 9.90. The van der Waals surface area contributed by atoms with Crippen LogP contribution in [0.3, 0.4) is 0 Å². The molecule has 1 saturated heterocycles. The summed E-state index contributed by atoms with van der Waals surface area (Å²) in [6.07, 6.45) is -2.71. The Labute approximate surface area is 201 Å². The van der Waals surface area contributed by atoms with Crippen LogP contribution in [-0.4, -0.2) is 66.5 Å². The summed E-state index contributed by atoms with van der Waals surface area (Å²) in [5.41, 5.74) is -0.458. The van der Waals surface area contributed by atoms with Gasteiger partial charge in [0, 0.05) is 18.0 Å². The molecular formula is C22H33F3N4O6. The first-order valence-electron chi connectivity index (χ1n) is 11.6. The molecule has 4 N–H and O–H groups in total. The summed E-state index contributed by atoms with van der Waals surface area (Å²) in [4.78, 5) is 62.2. The zero-order valence-corrected chi connectivity index (χ0v) is 20.0. The van der Waals surface area contributed by atoms with Crippen LogP contribution in [0, 0.1) is 11.8 Å². The molecule has 13 heteroatoms. The van der Waals surface area contributed by atoms with Gasteiger partial charge >= 0.3 is 18.2 Å². The molecule has 2 unspecified atom stereocenters. The summed E-state index contributed by atoms with van der Waals surface area (Å²) in [5, 5.41) is 9.91. The maximum Gasteiger partial charge on any atom is 0.522 e.